The molecule has 0 bridgehead atoms. The van der Waals surface area contributed by atoms with E-state index in [1.54, 1.807) is 17.0 Å². The van der Waals surface area contributed by atoms with E-state index in [0.717, 1.165) is 0 Å². The number of fused-ring (bicyclic) bond motifs is 1. The van der Waals surface area contributed by atoms with Gasteiger partial charge in [0.1, 0.15) is 12.3 Å². The van der Waals surface area contributed by atoms with Crippen LogP contribution in [0.5, 0.6) is 0 Å². The van der Waals surface area contributed by atoms with Crippen molar-refractivity contribution in [1.82, 2.24) is 9.80 Å². The van der Waals surface area contributed by atoms with Crippen LogP contribution in [0, 0.1) is 0 Å². The third-order valence-corrected chi connectivity index (χ3v) is 5.48. The molecule has 2 atom stereocenters. The molecule has 2 amide bonds. The minimum absolute atomic E-state index is 0.0511. The van der Waals surface area contributed by atoms with Crippen LogP contribution in [-0.4, -0.2) is 63.7 Å². The molecule has 132 valence electrons. The van der Waals surface area contributed by atoms with Crippen molar-refractivity contribution in [2.24, 2.45) is 0 Å². The first-order chi connectivity index (χ1) is 12.0. The molecule has 3 fully saturated rings. The van der Waals surface area contributed by atoms with Gasteiger partial charge in [0, 0.05) is 31.5 Å². The largest absolute Gasteiger partial charge is 0.480 e. The first-order valence-electron chi connectivity index (χ1n) is 8.59. The van der Waals surface area contributed by atoms with E-state index in [0.29, 0.717) is 44.3 Å². The van der Waals surface area contributed by atoms with Crippen LogP contribution in [0.1, 0.15) is 36.0 Å². The molecule has 0 radical (unpaired) electrons. The number of benzene rings is 1. The Morgan fingerprint density at radius 3 is 2.44 bits per heavy atom. The zero-order chi connectivity index (χ0) is 17.6. The number of carbonyl (C=O) groups excluding carboxylic acids is 2. The van der Waals surface area contributed by atoms with E-state index in [2.05, 4.69) is 0 Å². The van der Waals surface area contributed by atoms with Crippen molar-refractivity contribution in [1.29, 1.82) is 0 Å². The van der Waals surface area contributed by atoms with Crippen LogP contribution in [0.2, 0.25) is 0 Å². The Kier molecular flexibility index (Phi) is 3.76. The second kappa shape index (κ2) is 5.84. The van der Waals surface area contributed by atoms with Crippen molar-refractivity contribution in [3.63, 3.8) is 0 Å². The molecule has 1 aromatic carbocycles. The lowest BCUT2D eigenvalue weighted by atomic mass is 9.89. The summed E-state index contributed by atoms with van der Waals surface area (Å²) in [6.07, 6.45) is 1.36. The highest BCUT2D eigenvalue weighted by Gasteiger charge is 2.59. The molecule has 3 aliphatic heterocycles. The number of likely N-dealkylation sites (tertiary alicyclic amines) is 1. The summed E-state index contributed by atoms with van der Waals surface area (Å²) in [5.74, 6) is -1.26. The summed E-state index contributed by atoms with van der Waals surface area (Å²) in [7, 11) is 0. The molecule has 1 spiro atoms. The Morgan fingerprint density at radius 2 is 1.80 bits per heavy atom. The predicted octanol–water partition coefficient (Wildman–Crippen LogP) is 1.09. The molecule has 1 aromatic rings. The number of hydrogen-bond acceptors (Lipinski definition) is 4. The lowest BCUT2D eigenvalue weighted by molar-refractivity contribution is -0.149. The van der Waals surface area contributed by atoms with Gasteiger partial charge in [-0.1, -0.05) is 18.2 Å². The van der Waals surface area contributed by atoms with E-state index in [1.807, 2.05) is 18.2 Å². The number of amides is 2. The number of rotatable bonds is 2. The zero-order valence-electron chi connectivity index (χ0n) is 13.8. The molecule has 4 rings (SSSR count). The molecular weight excluding hydrogens is 324 g/mol. The van der Waals surface area contributed by atoms with Crippen molar-refractivity contribution < 1.29 is 24.2 Å². The average molecular weight is 344 g/mol. The van der Waals surface area contributed by atoms with E-state index in [1.165, 1.54) is 4.90 Å². The lowest BCUT2D eigenvalue weighted by Crippen LogP contribution is -2.53. The van der Waals surface area contributed by atoms with Gasteiger partial charge in [0.15, 0.2) is 5.60 Å². The fourth-order valence-electron chi connectivity index (χ4n) is 4.12. The van der Waals surface area contributed by atoms with E-state index >= 15 is 0 Å². The molecule has 0 unspecified atom stereocenters. The van der Waals surface area contributed by atoms with Crippen molar-refractivity contribution in [2.45, 2.75) is 43.6 Å². The molecule has 0 aromatic heterocycles. The monoisotopic (exact) mass is 344 g/mol. The van der Waals surface area contributed by atoms with Gasteiger partial charge in [0.2, 0.25) is 0 Å². The second-order valence-corrected chi connectivity index (χ2v) is 6.87. The van der Waals surface area contributed by atoms with Crippen molar-refractivity contribution in [2.75, 3.05) is 13.1 Å². The van der Waals surface area contributed by atoms with Crippen molar-refractivity contribution in [3.8, 4) is 0 Å². The summed E-state index contributed by atoms with van der Waals surface area (Å²) in [6.45, 7) is 0.857. The number of carbonyl (C=O) groups is 3. The first kappa shape index (κ1) is 16.1. The summed E-state index contributed by atoms with van der Waals surface area (Å²) < 4.78 is 6.02. The molecular formula is C18H20N2O5. The van der Waals surface area contributed by atoms with Gasteiger partial charge in [-0.05, 0) is 25.0 Å². The number of nitrogens with zero attached hydrogens (tertiary/aromatic N) is 2. The number of hydrogen-bond donors (Lipinski definition) is 1. The molecule has 7 heteroatoms. The summed E-state index contributed by atoms with van der Waals surface area (Å²) in [4.78, 5) is 39.9. The molecule has 0 aliphatic carbocycles. The van der Waals surface area contributed by atoms with Crippen LogP contribution in [-0.2, 0) is 14.3 Å². The SMILES string of the molecule is O=C(O)[C@@H]1CC[C@H]2OC3(CCN(C(=O)c4ccccc4)CC3)C(=O)N21. The smallest absolute Gasteiger partial charge is 0.326 e. The highest BCUT2D eigenvalue weighted by Crippen LogP contribution is 2.42. The Balaban J connectivity index is 1.46. The van der Waals surface area contributed by atoms with Gasteiger partial charge in [0.25, 0.3) is 11.8 Å². The number of carboxylic acids is 1. The summed E-state index contributed by atoms with van der Waals surface area (Å²) in [6, 6.07) is 8.26. The Morgan fingerprint density at radius 1 is 1.12 bits per heavy atom. The quantitative estimate of drug-likeness (QED) is 0.868. The van der Waals surface area contributed by atoms with Crippen LogP contribution in [0.3, 0.4) is 0 Å². The summed E-state index contributed by atoms with van der Waals surface area (Å²) in [5.41, 5.74) is -0.338. The van der Waals surface area contributed by atoms with Gasteiger partial charge >= 0.3 is 5.97 Å². The van der Waals surface area contributed by atoms with Gasteiger partial charge in [0.05, 0.1) is 0 Å². The Bertz CT molecular complexity index is 711. The number of carboxylic acid groups (broad SMARTS) is 1. The maximum atomic E-state index is 12.9. The van der Waals surface area contributed by atoms with Gasteiger partial charge in [-0.15, -0.1) is 0 Å². The molecule has 3 saturated heterocycles. The van der Waals surface area contributed by atoms with Crippen molar-refractivity contribution >= 4 is 17.8 Å². The summed E-state index contributed by atoms with van der Waals surface area (Å²) >= 11 is 0. The fourth-order valence-corrected chi connectivity index (χ4v) is 4.12. The molecule has 25 heavy (non-hydrogen) atoms. The highest BCUT2D eigenvalue weighted by atomic mass is 16.6. The van der Waals surface area contributed by atoms with E-state index in [9.17, 15) is 19.5 Å². The maximum Gasteiger partial charge on any atom is 0.326 e. The maximum absolute atomic E-state index is 12.9. The molecule has 0 saturated carbocycles. The van der Waals surface area contributed by atoms with Crippen LogP contribution in [0.25, 0.3) is 0 Å². The third kappa shape index (κ3) is 2.50. The molecule has 3 aliphatic rings. The van der Waals surface area contributed by atoms with Crippen LogP contribution >= 0.6 is 0 Å². The standard InChI is InChI=1S/C18H20N2O5/c21-15(12-4-2-1-3-5-12)19-10-8-18(9-11-19)17(24)20-13(16(22)23)6-7-14(20)25-18/h1-5,13-14H,6-11H2,(H,22,23)/t13-,14+/m0/s1. The zero-order valence-corrected chi connectivity index (χ0v) is 13.8. The number of ether oxygens (including phenoxy) is 1. The lowest BCUT2D eigenvalue weighted by Gasteiger charge is -2.37. The van der Waals surface area contributed by atoms with Gasteiger partial charge in [-0.2, -0.15) is 0 Å². The molecule has 3 heterocycles. The Hall–Kier alpha value is -2.41. The minimum atomic E-state index is -0.979. The first-order valence-corrected chi connectivity index (χ1v) is 8.59. The second-order valence-electron chi connectivity index (χ2n) is 6.87. The van der Waals surface area contributed by atoms with Crippen LogP contribution < -0.4 is 0 Å². The third-order valence-electron chi connectivity index (χ3n) is 5.48. The predicted molar refractivity (Wildman–Crippen MR) is 86.7 cm³/mol. The number of aliphatic carboxylic acids is 1. The molecule has 7 nitrogen and oxygen atoms in total. The number of piperidine rings is 1. The fraction of sp³-hybridized carbons (Fsp3) is 0.500. The minimum Gasteiger partial charge on any atom is -0.480 e. The van der Waals surface area contributed by atoms with Gasteiger partial charge < -0.3 is 19.6 Å². The van der Waals surface area contributed by atoms with Crippen molar-refractivity contribution in [3.05, 3.63) is 35.9 Å². The van der Waals surface area contributed by atoms with Crippen LogP contribution in [0.4, 0.5) is 0 Å². The average Bonchev–Trinajstić information content (AvgIpc) is 3.15. The normalized spacial score (nSPS) is 27.6. The summed E-state index contributed by atoms with van der Waals surface area (Å²) in [5, 5.41) is 9.30. The topological polar surface area (TPSA) is 87.1 Å². The van der Waals surface area contributed by atoms with E-state index < -0.39 is 23.8 Å². The Labute approximate surface area is 145 Å². The highest BCUT2D eigenvalue weighted by molar-refractivity contribution is 5.95. The van der Waals surface area contributed by atoms with Gasteiger partial charge in [-0.25, -0.2) is 4.79 Å². The van der Waals surface area contributed by atoms with E-state index in [4.69, 9.17) is 4.74 Å². The van der Waals surface area contributed by atoms with E-state index in [-0.39, 0.29) is 11.8 Å². The van der Waals surface area contributed by atoms with Crippen LogP contribution in [0.15, 0.2) is 30.3 Å². The van der Waals surface area contributed by atoms with Gasteiger partial charge in [-0.3, -0.25) is 9.59 Å². The molecule has 1 N–H and O–H groups in total.